The third-order valence-electron chi connectivity index (χ3n) is 6.80. The fraction of sp³-hybridized carbons (Fsp3) is 0.294. The minimum absolute atomic E-state index is 0.0587. The van der Waals surface area contributed by atoms with Crippen LogP contribution in [0.1, 0.15) is 55.4 Å². The van der Waals surface area contributed by atoms with Crippen molar-refractivity contribution in [2.45, 2.75) is 47.0 Å². The molecule has 0 atom stereocenters. The molecule has 3 aromatic carbocycles. The van der Waals surface area contributed by atoms with Crippen molar-refractivity contribution in [1.82, 2.24) is 14.9 Å². The monoisotopic (exact) mass is 566 g/mol. The number of amides is 1. The van der Waals surface area contributed by atoms with E-state index in [4.69, 9.17) is 14.6 Å². The number of carbonyl (C=O) groups is 1. The van der Waals surface area contributed by atoms with E-state index in [2.05, 4.69) is 31.2 Å². The van der Waals surface area contributed by atoms with Crippen molar-refractivity contribution >= 4 is 12.2 Å². The van der Waals surface area contributed by atoms with Crippen LogP contribution in [-0.4, -0.2) is 35.5 Å². The molecule has 1 heterocycles. The van der Waals surface area contributed by atoms with Crippen molar-refractivity contribution in [2.75, 3.05) is 13.7 Å². The van der Waals surface area contributed by atoms with Crippen LogP contribution in [0.4, 0.5) is 0 Å². The van der Waals surface area contributed by atoms with Gasteiger partial charge in [-0.05, 0) is 60.2 Å². The summed E-state index contributed by atoms with van der Waals surface area (Å²) in [5.74, 6) is 2.19. The van der Waals surface area contributed by atoms with Gasteiger partial charge in [-0.25, -0.2) is 4.98 Å². The molecule has 0 radical (unpaired) electrons. The van der Waals surface area contributed by atoms with Crippen molar-refractivity contribution in [1.29, 1.82) is 0 Å². The van der Waals surface area contributed by atoms with E-state index >= 15 is 0 Å². The molecule has 0 aliphatic carbocycles. The number of hydrogen-bond donors (Lipinski definition) is 1. The van der Waals surface area contributed by atoms with Gasteiger partial charge < -0.3 is 14.9 Å². The lowest BCUT2D eigenvalue weighted by molar-refractivity contribution is -0.108. The number of amidine groups is 1. The first-order chi connectivity index (χ1) is 20.4. The van der Waals surface area contributed by atoms with Gasteiger partial charge in [0, 0.05) is 17.5 Å². The van der Waals surface area contributed by atoms with E-state index in [1.54, 1.807) is 4.57 Å². The van der Waals surface area contributed by atoms with Crippen LogP contribution in [0.2, 0.25) is 0 Å². The van der Waals surface area contributed by atoms with Crippen molar-refractivity contribution < 1.29 is 14.4 Å². The quantitative estimate of drug-likeness (QED) is 0.101. The smallest absolute Gasteiger partial charge is 0.261 e. The average molecular weight is 567 g/mol. The standard InChI is InChI=1S/C34H38N4O4/c1-6-9-32-31(34(40)38(24(4)36-32)27-16-18-28(19-17-27)42-21-23(2)3)20-25-12-14-26(15-13-25)29-10-7-8-11-30(29)33(35-22-39)37-41-5/h7-8,10-19,22-23H,6,9,20-21H2,1-5H3,(H,35,37,39). The summed E-state index contributed by atoms with van der Waals surface area (Å²) in [4.78, 5) is 34.9. The van der Waals surface area contributed by atoms with Crippen molar-refractivity contribution in [3.63, 3.8) is 0 Å². The van der Waals surface area contributed by atoms with E-state index in [0.717, 1.165) is 52.2 Å². The first kappa shape index (κ1) is 30.2. The predicted octanol–water partition coefficient (Wildman–Crippen LogP) is 5.84. The third-order valence-corrected chi connectivity index (χ3v) is 6.80. The molecule has 42 heavy (non-hydrogen) atoms. The Balaban J connectivity index is 1.67. The highest BCUT2D eigenvalue weighted by molar-refractivity contribution is 6.08. The zero-order valence-electron chi connectivity index (χ0n) is 24.9. The molecule has 1 aromatic heterocycles. The lowest BCUT2D eigenvalue weighted by Gasteiger charge is -2.16. The minimum atomic E-state index is -0.0587. The molecular formula is C34H38N4O4. The van der Waals surface area contributed by atoms with Crippen LogP contribution < -0.4 is 15.6 Å². The fourth-order valence-corrected chi connectivity index (χ4v) is 4.85. The van der Waals surface area contributed by atoms with E-state index in [1.807, 2.05) is 79.7 Å². The Hall–Kier alpha value is -4.72. The van der Waals surface area contributed by atoms with Crippen LogP contribution in [-0.2, 0) is 22.5 Å². The molecule has 1 N–H and O–H groups in total. The van der Waals surface area contributed by atoms with Crippen LogP contribution in [0.25, 0.3) is 16.8 Å². The van der Waals surface area contributed by atoms with Crippen molar-refractivity contribution in [2.24, 2.45) is 11.1 Å². The fourth-order valence-electron chi connectivity index (χ4n) is 4.85. The minimum Gasteiger partial charge on any atom is -0.493 e. The van der Waals surface area contributed by atoms with Gasteiger partial charge in [0.05, 0.1) is 18.0 Å². The highest BCUT2D eigenvalue weighted by Gasteiger charge is 2.17. The molecule has 0 spiro atoms. The van der Waals surface area contributed by atoms with Crippen LogP contribution in [0.3, 0.4) is 0 Å². The second kappa shape index (κ2) is 14.3. The van der Waals surface area contributed by atoms with E-state index in [0.29, 0.717) is 42.6 Å². The Bertz CT molecular complexity index is 1590. The van der Waals surface area contributed by atoms with Gasteiger partial charge in [0.1, 0.15) is 18.7 Å². The lowest BCUT2D eigenvalue weighted by Crippen LogP contribution is -2.28. The van der Waals surface area contributed by atoms with Crippen LogP contribution in [0.15, 0.2) is 82.7 Å². The molecule has 0 saturated heterocycles. The highest BCUT2D eigenvalue weighted by atomic mass is 16.6. The lowest BCUT2D eigenvalue weighted by atomic mass is 9.96. The molecule has 8 nitrogen and oxygen atoms in total. The predicted molar refractivity (Wildman–Crippen MR) is 166 cm³/mol. The third kappa shape index (κ3) is 7.13. The molecule has 0 fully saturated rings. The molecule has 218 valence electrons. The molecule has 4 aromatic rings. The van der Waals surface area contributed by atoms with Crippen LogP contribution in [0.5, 0.6) is 5.75 Å². The summed E-state index contributed by atoms with van der Waals surface area (Å²) in [5.41, 5.74) is 5.79. The van der Waals surface area contributed by atoms with Gasteiger partial charge in [0.2, 0.25) is 6.41 Å². The Labute approximate surface area is 247 Å². The number of oxime groups is 1. The molecule has 0 saturated carbocycles. The maximum absolute atomic E-state index is 14.0. The maximum atomic E-state index is 14.0. The van der Waals surface area contributed by atoms with Gasteiger partial charge in [0.15, 0.2) is 5.84 Å². The summed E-state index contributed by atoms with van der Waals surface area (Å²) < 4.78 is 7.51. The largest absolute Gasteiger partial charge is 0.493 e. The number of ether oxygens (including phenoxy) is 1. The molecule has 4 rings (SSSR count). The number of benzene rings is 3. The molecule has 0 aliphatic heterocycles. The molecule has 1 amide bonds. The van der Waals surface area contributed by atoms with Gasteiger partial charge in [0.25, 0.3) is 5.56 Å². The number of aryl methyl sites for hydroxylation is 2. The highest BCUT2D eigenvalue weighted by Crippen LogP contribution is 2.26. The number of hydrogen-bond acceptors (Lipinski definition) is 6. The van der Waals surface area contributed by atoms with E-state index in [1.165, 1.54) is 7.11 Å². The SMILES string of the molecule is CCCc1nc(C)n(-c2ccc(OCC(C)C)cc2)c(=O)c1Cc1ccc(-c2ccccc2/C(=N/OC)NC=O)cc1. The van der Waals surface area contributed by atoms with E-state index in [-0.39, 0.29) is 5.56 Å². The Morgan fingerprint density at radius 3 is 2.40 bits per heavy atom. The molecule has 0 unspecified atom stereocenters. The molecule has 0 aliphatic rings. The first-order valence-corrected chi connectivity index (χ1v) is 14.2. The number of carbonyl (C=O) groups excluding carboxylic acids is 1. The topological polar surface area (TPSA) is 94.8 Å². The Kier molecular flexibility index (Phi) is 10.3. The summed E-state index contributed by atoms with van der Waals surface area (Å²) in [6, 6.07) is 23.3. The maximum Gasteiger partial charge on any atom is 0.261 e. The summed E-state index contributed by atoms with van der Waals surface area (Å²) in [5, 5.41) is 6.57. The molecular weight excluding hydrogens is 528 g/mol. The van der Waals surface area contributed by atoms with Gasteiger partial charge in [-0.1, -0.05) is 80.9 Å². The summed E-state index contributed by atoms with van der Waals surface area (Å²) >= 11 is 0. The zero-order chi connectivity index (χ0) is 30.1. The van der Waals surface area contributed by atoms with Crippen molar-refractivity contribution in [3.8, 4) is 22.6 Å². The number of aromatic nitrogens is 2. The normalized spacial score (nSPS) is 11.4. The van der Waals surface area contributed by atoms with Gasteiger partial charge >= 0.3 is 0 Å². The Morgan fingerprint density at radius 2 is 1.76 bits per heavy atom. The average Bonchev–Trinajstić information content (AvgIpc) is 2.99. The second-order valence-electron chi connectivity index (χ2n) is 10.5. The van der Waals surface area contributed by atoms with Gasteiger partial charge in [-0.3, -0.25) is 14.2 Å². The summed E-state index contributed by atoms with van der Waals surface area (Å²) in [6.07, 6.45) is 2.65. The summed E-state index contributed by atoms with van der Waals surface area (Å²) in [7, 11) is 1.43. The van der Waals surface area contributed by atoms with Crippen LogP contribution in [0, 0.1) is 12.8 Å². The molecule has 8 heteroatoms. The Morgan fingerprint density at radius 1 is 1.05 bits per heavy atom. The number of nitrogens with zero attached hydrogens (tertiary/aromatic N) is 3. The van der Waals surface area contributed by atoms with E-state index in [9.17, 15) is 9.59 Å². The second-order valence-corrected chi connectivity index (χ2v) is 10.5. The summed E-state index contributed by atoms with van der Waals surface area (Å²) in [6.45, 7) is 8.82. The van der Waals surface area contributed by atoms with Crippen LogP contribution >= 0.6 is 0 Å². The zero-order valence-corrected chi connectivity index (χ0v) is 24.9. The van der Waals surface area contributed by atoms with Gasteiger partial charge in [-0.15, -0.1) is 0 Å². The number of nitrogens with one attached hydrogen (secondary N) is 1. The molecule has 0 bridgehead atoms. The van der Waals surface area contributed by atoms with Crippen molar-refractivity contribution in [3.05, 3.63) is 111 Å². The van der Waals surface area contributed by atoms with Gasteiger partial charge in [-0.2, -0.15) is 0 Å². The van der Waals surface area contributed by atoms with E-state index < -0.39 is 0 Å². The first-order valence-electron chi connectivity index (χ1n) is 14.2. The number of rotatable bonds is 12.